The van der Waals surface area contributed by atoms with E-state index in [1.807, 2.05) is 0 Å². The van der Waals surface area contributed by atoms with Gasteiger partial charge in [-0.2, -0.15) is 0 Å². The molecule has 12 heteroatoms. The Bertz CT molecular complexity index is 1450. The molecule has 3 N–H and O–H groups in total. The first kappa shape index (κ1) is 25.1. The molecule has 2 heterocycles. The number of carbonyl (C=O) groups excluding carboxylic acids is 1. The van der Waals surface area contributed by atoms with Crippen molar-refractivity contribution in [2.45, 2.75) is 37.5 Å². The zero-order valence-electron chi connectivity index (χ0n) is 19.7. The quantitative estimate of drug-likeness (QED) is 0.364. The highest BCUT2D eigenvalue weighted by Crippen LogP contribution is 2.35. The molecule has 10 nitrogen and oxygen atoms in total. The Morgan fingerprint density at radius 1 is 1.14 bits per heavy atom. The number of aromatic amines is 1. The fraction of sp³-hybridized carbons (Fsp3) is 0.435. The monoisotopic (exact) mass is 519 g/mol. The predicted octanol–water partition coefficient (Wildman–Crippen LogP) is 2.15. The van der Waals surface area contributed by atoms with Gasteiger partial charge in [-0.05, 0) is 55.5 Å². The van der Waals surface area contributed by atoms with Gasteiger partial charge in [-0.25, -0.2) is 26.8 Å². The van der Waals surface area contributed by atoms with Gasteiger partial charge in [0, 0.05) is 30.1 Å². The summed E-state index contributed by atoms with van der Waals surface area (Å²) in [6.45, 7) is 1.93. The standard InChI is InChI=1S/C23H29N5O5S2/c1-3-35(32,33)17-8-6-16(7-9-17)27-21-20-18-13-15(23(29)24-11-4-12-34(2,30)31)5-10-19(18)28-22(20)26-14-25-21/h6-9,14-15H,3-5,10-13H2,1-2H3,(H,24,29)(H2,25,26,27,28). The maximum Gasteiger partial charge on any atom is 0.223 e. The summed E-state index contributed by atoms with van der Waals surface area (Å²) >= 11 is 0. The summed E-state index contributed by atoms with van der Waals surface area (Å²) in [5.74, 6) is 0.341. The van der Waals surface area contributed by atoms with Crippen molar-refractivity contribution in [3.8, 4) is 0 Å². The second-order valence-electron chi connectivity index (χ2n) is 8.79. The van der Waals surface area contributed by atoms with E-state index < -0.39 is 19.7 Å². The molecule has 0 bridgehead atoms. The number of rotatable bonds is 9. The van der Waals surface area contributed by atoms with Crippen LogP contribution in [0.3, 0.4) is 0 Å². The van der Waals surface area contributed by atoms with Crippen molar-refractivity contribution in [2.75, 3.05) is 29.6 Å². The highest BCUT2D eigenvalue weighted by atomic mass is 32.2. The molecule has 1 aliphatic carbocycles. The Balaban J connectivity index is 1.52. The smallest absolute Gasteiger partial charge is 0.223 e. The minimum Gasteiger partial charge on any atom is -0.356 e. The summed E-state index contributed by atoms with van der Waals surface area (Å²) in [7, 11) is -6.33. The minimum absolute atomic E-state index is 0.0360. The van der Waals surface area contributed by atoms with Crippen LogP contribution in [0.15, 0.2) is 35.5 Å². The molecule has 0 aliphatic heterocycles. The van der Waals surface area contributed by atoms with Crippen molar-refractivity contribution in [2.24, 2.45) is 5.92 Å². The van der Waals surface area contributed by atoms with E-state index >= 15 is 0 Å². The summed E-state index contributed by atoms with van der Waals surface area (Å²) in [6, 6.07) is 6.53. The normalized spacial score (nSPS) is 16.1. The molecule has 1 amide bonds. The van der Waals surface area contributed by atoms with Gasteiger partial charge in [0.1, 0.15) is 27.6 Å². The number of aryl methyl sites for hydroxylation is 1. The largest absolute Gasteiger partial charge is 0.356 e. The average molecular weight is 520 g/mol. The van der Waals surface area contributed by atoms with Gasteiger partial charge in [0.25, 0.3) is 0 Å². The van der Waals surface area contributed by atoms with Gasteiger partial charge < -0.3 is 15.6 Å². The molecule has 0 fully saturated rings. The molecule has 2 aromatic heterocycles. The van der Waals surface area contributed by atoms with E-state index in [9.17, 15) is 21.6 Å². The van der Waals surface area contributed by atoms with E-state index in [1.54, 1.807) is 31.2 Å². The SMILES string of the molecule is CCS(=O)(=O)c1ccc(Nc2ncnc3[nH]c4c(c23)CC(C(=O)NCCCS(C)(=O)=O)CC4)cc1. The van der Waals surface area contributed by atoms with Crippen molar-refractivity contribution >= 4 is 48.1 Å². The number of anilines is 2. The van der Waals surface area contributed by atoms with Crippen LogP contribution in [0.2, 0.25) is 0 Å². The summed E-state index contributed by atoms with van der Waals surface area (Å²) in [5, 5.41) is 6.93. The third kappa shape index (κ3) is 5.81. The van der Waals surface area contributed by atoms with E-state index in [0.717, 1.165) is 16.6 Å². The molecule has 188 valence electrons. The van der Waals surface area contributed by atoms with Gasteiger partial charge in [-0.1, -0.05) is 6.92 Å². The fourth-order valence-electron chi connectivity index (χ4n) is 4.30. The van der Waals surface area contributed by atoms with Crippen molar-refractivity contribution in [3.05, 3.63) is 41.9 Å². The highest BCUT2D eigenvalue weighted by molar-refractivity contribution is 7.91. The topological polar surface area (TPSA) is 151 Å². The van der Waals surface area contributed by atoms with Gasteiger partial charge in [0.15, 0.2) is 9.84 Å². The number of fused-ring (bicyclic) bond motifs is 3. The van der Waals surface area contributed by atoms with Crippen LogP contribution in [0.1, 0.15) is 31.0 Å². The molecule has 0 radical (unpaired) electrons. The number of amides is 1. The molecule has 0 saturated heterocycles. The Labute approximate surface area is 204 Å². The lowest BCUT2D eigenvalue weighted by molar-refractivity contribution is -0.125. The number of sulfone groups is 2. The Morgan fingerprint density at radius 2 is 1.89 bits per heavy atom. The Hall–Kier alpha value is -2.99. The summed E-state index contributed by atoms with van der Waals surface area (Å²) in [4.78, 5) is 25.1. The first-order valence-corrected chi connectivity index (χ1v) is 15.2. The zero-order chi connectivity index (χ0) is 25.2. The molecule has 1 unspecified atom stereocenters. The number of hydrogen-bond donors (Lipinski definition) is 3. The number of H-pyrrole nitrogens is 1. The summed E-state index contributed by atoms with van der Waals surface area (Å²) in [5.41, 5.74) is 3.36. The van der Waals surface area contributed by atoms with Gasteiger partial charge in [-0.3, -0.25) is 4.79 Å². The number of nitrogens with zero attached hydrogens (tertiary/aromatic N) is 2. The molecule has 1 atom stereocenters. The molecule has 1 aliphatic rings. The lowest BCUT2D eigenvalue weighted by Crippen LogP contribution is -2.35. The average Bonchev–Trinajstić information content (AvgIpc) is 3.20. The van der Waals surface area contributed by atoms with Crippen molar-refractivity contribution in [3.63, 3.8) is 0 Å². The molecule has 35 heavy (non-hydrogen) atoms. The summed E-state index contributed by atoms with van der Waals surface area (Å²) < 4.78 is 46.7. The molecule has 4 rings (SSSR count). The van der Waals surface area contributed by atoms with Gasteiger partial charge in [0.2, 0.25) is 5.91 Å². The molecule has 1 aromatic carbocycles. The lowest BCUT2D eigenvalue weighted by atomic mass is 9.86. The second kappa shape index (κ2) is 9.94. The van der Waals surface area contributed by atoms with Gasteiger partial charge in [0.05, 0.1) is 21.8 Å². The fourth-order valence-corrected chi connectivity index (χ4v) is 5.85. The first-order chi connectivity index (χ1) is 16.6. The van der Waals surface area contributed by atoms with Gasteiger partial charge in [-0.15, -0.1) is 0 Å². The second-order valence-corrected chi connectivity index (χ2v) is 13.3. The van der Waals surface area contributed by atoms with Gasteiger partial charge >= 0.3 is 0 Å². The van der Waals surface area contributed by atoms with E-state index in [1.165, 1.54) is 12.6 Å². The van der Waals surface area contributed by atoms with Crippen LogP contribution in [0, 0.1) is 5.92 Å². The Morgan fingerprint density at radius 3 is 2.57 bits per heavy atom. The third-order valence-electron chi connectivity index (χ3n) is 6.19. The molecule has 0 spiro atoms. The van der Waals surface area contributed by atoms with Crippen LogP contribution in [0.25, 0.3) is 11.0 Å². The van der Waals surface area contributed by atoms with Crippen molar-refractivity contribution in [1.82, 2.24) is 20.3 Å². The van der Waals surface area contributed by atoms with Crippen molar-refractivity contribution in [1.29, 1.82) is 0 Å². The molecule has 3 aromatic rings. The maximum absolute atomic E-state index is 12.7. The minimum atomic E-state index is -3.28. The first-order valence-electron chi connectivity index (χ1n) is 11.5. The Kier molecular flexibility index (Phi) is 7.13. The number of aromatic nitrogens is 3. The number of carbonyl (C=O) groups is 1. The zero-order valence-corrected chi connectivity index (χ0v) is 21.3. The maximum atomic E-state index is 12.7. The van der Waals surface area contributed by atoms with E-state index in [4.69, 9.17) is 0 Å². The highest BCUT2D eigenvalue weighted by Gasteiger charge is 2.29. The van der Waals surface area contributed by atoms with E-state index in [0.29, 0.717) is 49.4 Å². The van der Waals surface area contributed by atoms with Crippen molar-refractivity contribution < 1.29 is 21.6 Å². The predicted molar refractivity (Wildman–Crippen MR) is 134 cm³/mol. The molecular weight excluding hydrogens is 490 g/mol. The molecule has 0 saturated carbocycles. The number of nitrogens with one attached hydrogen (secondary N) is 3. The lowest BCUT2D eigenvalue weighted by Gasteiger charge is -2.22. The van der Waals surface area contributed by atoms with Crippen LogP contribution in [0.4, 0.5) is 11.5 Å². The summed E-state index contributed by atoms with van der Waals surface area (Å²) in [6.07, 6.45) is 4.91. The third-order valence-corrected chi connectivity index (χ3v) is 8.97. The molecular formula is C23H29N5O5S2. The number of benzene rings is 1. The van der Waals surface area contributed by atoms with Crippen LogP contribution in [-0.2, 0) is 37.3 Å². The van der Waals surface area contributed by atoms with Crippen LogP contribution < -0.4 is 10.6 Å². The van der Waals surface area contributed by atoms with Crippen LogP contribution >= 0.6 is 0 Å². The number of hydrogen-bond acceptors (Lipinski definition) is 8. The van der Waals surface area contributed by atoms with E-state index in [2.05, 4.69) is 25.6 Å². The van der Waals surface area contributed by atoms with Crippen LogP contribution in [0.5, 0.6) is 0 Å². The van der Waals surface area contributed by atoms with Crippen LogP contribution in [-0.4, -0.2) is 62.0 Å². The van der Waals surface area contributed by atoms with E-state index in [-0.39, 0.29) is 28.2 Å².